The molecule has 0 bridgehead atoms. The zero-order valence-electron chi connectivity index (χ0n) is 15.0. The molecule has 2 aliphatic rings. The number of hydrazone groups is 1. The van der Waals surface area contributed by atoms with Gasteiger partial charge in [-0.25, -0.2) is 5.21 Å². The van der Waals surface area contributed by atoms with Gasteiger partial charge in [-0.3, -0.25) is 5.01 Å². The average molecular weight is 373 g/mol. The molecule has 5 rings (SSSR count). The molecular weight excluding hydrogens is 354 g/mol. The Labute approximate surface area is 162 Å². The summed E-state index contributed by atoms with van der Waals surface area (Å²) in [7, 11) is 0. The minimum absolute atomic E-state index is 0.0100. The Kier molecular flexibility index (Phi) is 4.09. The van der Waals surface area contributed by atoms with Gasteiger partial charge >= 0.3 is 0 Å². The van der Waals surface area contributed by atoms with E-state index in [2.05, 4.69) is 6.07 Å². The average Bonchev–Trinajstić information content (AvgIpc) is 3.15. The summed E-state index contributed by atoms with van der Waals surface area (Å²) in [6, 6.07) is 25.1. The lowest BCUT2D eigenvalue weighted by molar-refractivity contribution is -0.991. The van der Waals surface area contributed by atoms with Gasteiger partial charge in [0, 0.05) is 23.3 Å². The number of rotatable bonds is 3. The summed E-state index contributed by atoms with van der Waals surface area (Å²) in [6.07, 6.45) is 0. The molecule has 28 heavy (non-hydrogen) atoms. The second-order valence-electron chi connectivity index (χ2n) is 6.95. The Hall–Kier alpha value is -3.19. The van der Waals surface area contributed by atoms with Crippen LogP contribution >= 0.6 is 0 Å². The Morgan fingerprint density at radius 1 is 1.00 bits per heavy atom. The molecule has 0 radical (unpaired) electrons. The molecule has 2 aliphatic heterocycles. The first-order chi connectivity index (χ1) is 13.7. The molecule has 3 aromatic carbocycles. The van der Waals surface area contributed by atoms with Crippen molar-refractivity contribution in [1.82, 2.24) is 0 Å². The molecule has 0 amide bonds. The first kappa shape index (κ1) is 16.9. The van der Waals surface area contributed by atoms with Gasteiger partial charge in [-0.05, 0) is 18.2 Å². The third-order valence-electron chi connectivity index (χ3n) is 5.29. The largest absolute Gasteiger partial charge is 0.595 e. The predicted octanol–water partition coefficient (Wildman–Crippen LogP) is 3.06. The molecule has 3 aromatic rings. The molecule has 0 saturated heterocycles. The van der Waals surface area contributed by atoms with Crippen LogP contribution < -0.4 is 15.0 Å². The highest BCUT2D eigenvalue weighted by atomic mass is 16.8. The van der Waals surface area contributed by atoms with E-state index in [1.165, 1.54) is 0 Å². The Balaban J connectivity index is 1.64. The number of fused-ring (bicyclic) bond motifs is 3. The molecule has 6 nitrogen and oxygen atoms in total. The first-order valence-electron chi connectivity index (χ1n) is 9.20. The number of ether oxygens (including phenoxy) is 1. The van der Waals surface area contributed by atoms with Crippen LogP contribution in [0.25, 0.3) is 0 Å². The Morgan fingerprint density at radius 3 is 2.61 bits per heavy atom. The fourth-order valence-corrected chi connectivity index (χ4v) is 4.01. The van der Waals surface area contributed by atoms with E-state index in [0.29, 0.717) is 6.61 Å². The van der Waals surface area contributed by atoms with E-state index < -0.39 is 5.23 Å². The maximum absolute atomic E-state index is 11.4. The summed E-state index contributed by atoms with van der Waals surface area (Å²) < 4.78 is 6.03. The van der Waals surface area contributed by atoms with Crippen LogP contribution in [0, 0.1) is 11.1 Å². The highest BCUT2D eigenvalue weighted by Gasteiger charge is 2.44. The standard InChI is InChI=1S/C22H19N3O3/c26-25(27)17-10-6-7-15(13-17)21-19-14-28-20-12-5-4-11-18(20)22(19)24(23-21)16-8-2-1-3-9-16/h1-13,19,22,25-26H,14H2. The number of nitrogens with zero attached hydrogens (tertiary/aromatic N) is 2. The van der Waals surface area contributed by atoms with Crippen molar-refractivity contribution in [2.24, 2.45) is 11.0 Å². The molecule has 6 heteroatoms. The van der Waals surface area contributed by atoms with Crippen LogP contribution in [-0.2, 0) is 0 Å². The summed E-state index contributed by atoms with van der Waals surface area (Å²) in [5.41, 5.74) is 4.02. The van der Waals surface area contributed by atoms with Gasteiger partial charge in [-0.15, -0.1) is 0 Å². The lowest BCUT2D eigenvalue weighted by atomic mass is 9.85. The van der Waals surface area contributed by atoms with Crippen LogP contribution in [0.4, 0.5) is 11.4 Å². The number of nitrogens with one attached hydrogen (secondary N) is 1. The minimum atomic E-state index is -0.942. The van der Waals surface area contributed by atoms with E-state index >= 15 is 0 Å². The fraction of sp³-hybridized carbons (Fsp3) is 0.136. The van der Waals surface area contributed by atoms with Crippen LogP contribution in [0.15, 0.2) is 84.0 Å². The second-order valence-corrected chi connectivity index (χ2v) is 6.95. The molecule has 140 valence electrons. The van der Waals surface area contributed by atoms with E-state index in [9.17, 15) is 10.4 Å². The zero-order chi connectivity index (χ0) is 19.1. The van der Waals surface area contributed by atoms with Crippen LogP contribution in [0.3, 0.4) is 0 Å². The highest BCUT2D eigenvalue weighted by Crippen LogP contribution is 2.46. The molecule has 2 heterocycles. The van der Waals surface area contributed by atoms with Crippen molar-refractivity contribution in [3.8, 4) is 5.75 Å². The summed E-state index contributed by atoms with van der Waals surface area (Å²) in [6.45, 7) is 0.501. The number of para-hydroxylation sites is 2. The molecule has 0 aromatic heterocycles. The van der Waals surface area contributed by atoms with Crippen molar-refractivity contribution >= 4 is 17.1 Å². The topological polar surface area (TPSA) is 72.6 Å². The van der Waals surface area contributed by atoms with E-state index in [1.54, 1.807) is 18.2 Å². The lowest BCUT2D eigenvalue weighted by Gasteiger charge is -2.33. The Bertz CT molecular complexity index is 1040. The van der Waals surface area contributed by atoms with E-state index in [4.69, 9.17) is 9.84 Å². The SMILES string of the molecule is [O-][NH+](O)c1cccc(C2=NN(c3ccccc3)C3c4ccccc4OCC23)c1. The van der Waals surface area contributed by atoms with Crippen LogP contribution in [0.5, 0.6) is 5.75 Å². The molecule has 0 fully saturated rings. The van der Waals surface area contributed by atoms with Gasteiger partial charge in [-0.1, -0.05) is 48.5 Å². The maximum atomic E-state index is 11.4. The van der Waals surface area contributed by atoms with Gasteiger partial charge in [0.2, 0.25) is 0 Å². The van der Waals surface area contributed by atoms with Gasteiger partial charge in [0.15, 0.2) is 5.69 Å². The number of hydrogen-bond acceptors (Lipinski definition) is 5. The normalized spacial score (nSPS) is 21.4. The van der Waals surface area contributed by atoms with Crippen molar-refractivity contribution in [2.45, 2.75) is 6.04 Å². The van der Waals surface area contributed by atoms with Gasteiger partial charge in [0.1, 0.15) is 5.75 Å². The van der Waals surface area contributed by atoms with Crippen LogP contribution in [-0.4, -0.2) is 17.5 Å². The van der Waals surface area contributed by atoms with Crippen molar-refractivity contribution < 1.29 is 15.2 Å². The van der Waals surface area contributed by atoms with E-state index in [1.807, 2.05) is 59.6 Å². The van der Waals surface area contributed by atoms with Gasteiger partial charge in [0.25, 0.3) is 0 Å². The van der Waals surface area contributed by atoms with Crippen LogP contribution in [0.1, 0.15) is 17.2 Å². The lowest BCUT2D eigenvalue weighted by Crippen LogP contribution is -2.99. The van der Waals surface area contributed by atoms with Crippen LogP contribution in [0.2, 0.25) is 0 Å². The third kappa shape index (κ3) is 2.75. The monoisotopic (exact) mass is 373 g/mol. The second kappa shape index (κ2) is 6.76. The number of hydrogen-bond donors (Lipinski definition) is 2. The highest BCUT2D eigenvalue weighted by molar-refractivity contribution is 6.05. The minimum Gasteiger partial charge on any atom is -0.595 e. The van der Waals surface area contributed by atoms with Crippen molar-refractivity contribution in [2.75, 3.05) is 11.6 Å². The zero-order valence-corrected chi connectivity index (χ0v) is 15.0. The number of benzene rings is 3. The summed E-state index contributed by atoms with van der Waals surface area (Å²) in [5, 5.41) is 26.8. The molecular formula is C22H19N3O3. The maximum Gasteiger partial charge on any atom is 0.164 e. The molecule has 3 unspecified atom stereocenters. The van der Waals surface area contributed by atoms with Gasteiger partial charge < -0.3 is 9.94 Å². The quantitative estimate of drug-likeness (QED) is 0.692. The first-order valence-corrected chi connectivity index (χ1v) is 9.20. The number of anilines is 1. The molecule has 3 atom stereocenters. The summed E-state index contributed by atoms with van der Waals surface area (Å²) in [5.74, 6) is 0.888. The van der Waals surface area contributed by atoms with E-state index in [0.717, 1.165) is 28.3 Å². The van der Waals surface area contributed by atoms with Gasteiger partial charge in [0.05, 0.1) is 30.0 Å². The predicted molar refractivity (Wildman–Crippen MR) is 106 cm³/mol. The summed E-state index contributed by atoms with van der Waals surface area (Å²) in [4.78, 5) is 0. The molecule has 0 saturated carbocycles. The molecule has 2 N–H and O–H groups in total. The van der Waals surface area contributed by atoms with E-state index in [-0.39, 0.29) is 17.6 Å². The molecule has 0 spiro atoms. The van der Waals surface area contributed by atoms with Crippen molar-refractivity contribution in [3.63, 3.8) is 0 Å². The summed E-state index contributed by atoms with van der Waals surface area (Å²) >= 11 is 0. The van der Waals surface area contributed by atoms with Gasteiger partial charge in [-0.2, -0.15) is 10.3 Å². The van der Waals surface area contributed by atoms with Crippen molar-refractivity contribution in [1.29, 1.82) is 0 Å². The smallest absolute Gasteiger partial charge is 0.164 e. The third-order valence-corrected chi connectivity index (χ3v) is 5.29. The molecule has 0 aliphatic carbocycles. The van der Waals surface area contributed by atoms with Crippen molar-refractivity contribution in [3.05, 3.63) is 95.2 Å². The Morgan fingerprint density at radius 2 is 1.79 bits per heavy atom. The number of quaternary nitrogens is 1. The fourth-order valence-electron chi connectivity index (χ4n) is 4.01.